The Balaban J connectivity index is 2.85. The summed E-state index contributed by atoms with van der Waals surface area (Å²) in [5.74, 6) is 0. The van der Waals surface area contributed by atoms with E-state index in [1.807, 2.05) is 0 Å². The molecule has 104 valence electrons. The van der Waals surface area contributed by atoms with Gasteiger partial charge in [0.15, 0.2) is 68.9 Å². The van der Waals surface area contributed by atoms with Gasteiger partial charge in [-0.3, -0.25) is 0 Å². The van der Waals surface area contributed by atoms with Gasteiger partial charge in [-0.05, 0) is 0 Å². The molecule has 0 aliphatic carbocycles. The molecule has 0 radical (unpaired) electrons. The van der Waals surface area contributed by atoms with Crippen molar-refractivity contribution in [2.45, 2.75) is 0 Å². The minimum Gasteiger partial charge on any atom is -0.360 e. The van der Waals surface area contributed by atoms with Gasteiger partial charge in [-0.2, -0.15) is 0 Å². The second kappa shape index (κ2) is 17.6. The SMILES string of the molecule is [SiH3]N[SiH2]N[SiH2]N[SiH2]N[SiH2]N[SiH2]N[SiH2]N[SiH2]N[SiH3]. The smallest absolute Gasteiger partial charge is 0.155 e. The van der Waals surface area contributed by atoms with Gasteiger partial charge >= 0.3 is 0 Å². The van der Waals surface area contributed by atoms with Crippen molar-refractivity contribution in [3.05, 3.63) is 0 Å². The van der Waals surface area contributed by atoms with Gasteiger partial charge in [0.2, 0.25) is 0 Å². The minimum absolute atomic E-state index is 0.0901. The zero-order valence-corrected chi connectivity index (χ0v) is 24.8. The van der Waals surface area contributed by atoms with E-state index >= 15 is 0 Å². The molecule has 0 fully saturated rings. The maximum atomic E-state index is 3.61. The molecule has 8 N–H and O–H groups in total. The molecular weight excluding hydrogens is 365 g/mol. The molecular formula is H28N8Si9. The van der Waals surface area contributed by atoms with Gasteiger partial charge in [-0.25, -0.2) is 0 Å². The number of rotatable bonds is 14. The predicted octanol–water partition coefficient (Wildman–Crippen LogP) is -12.7. The monoisotopic (exact) mass is 392 g/mol. The fourth-order valence-electron chi connectivity index (χ4n) is 1.07. The van der Waals surface area contributed by atoms with Gasteiger partial charge < -0.3 is 37.2 Å². The molecule has 0 saturated carbocycles. The molecule has 0 aromatic rings. The van der Waals surface area contributed by atoms with E-state index in [9.17, 15) is 0 Å². The van der Waals surface area contributed by atoms with Crippen LogP contribution in [0.4, 0.5) is 0 Å². The molecule has 0 bridgehead atoms. The number of hydrogen-bond donors (Lipinski definition) is 8. The van der Waals surface area contributed by atoms with Crippen LogP contribution >= 0.6 is 0 Å². The molecule has 0 aliphatic rings. The number of nitrogens with one attached hydrogen (secondary N) is 8. The first-order chi connectivity index (χ1) is 8.41. The first kappa shape index (κ1) is 18.6. The first-order valence-corrected chi connectivity index (χ1v) is 17.8. The lowest BCUT2D eigenvalue weighted by Crippen LogP contribution is -2.52. The average molecular weight is 393 g/mol. The molecule has 0 aliphatic heterocycles. The van der Waals surface area contributed by atoms with Gasteiger partial charge in [0.05, 0.1) is 20.8 Å². The summed E-state index contributed by atoms with van der Waals surface area (Å²) in [6.45, 7) is 0. The van der Waals surface area contributed by atoms with Crippen molar-refractivity contribution in [3.8, 4) is 0 Å². The third-order valence-electron chi connectivity index (χ3n) is 1.85. The lowest BCUT2D eigenvalue weighted by Gasteiger charge is -2.08. The lowest BCUT2D eigenvalue weighted by molar-refractivity contribution is 1.30. The van der Waals surface area contributed by atoms with E-state index in [1.165, 1.54) is 0 Å². The summed E-state index contributed by atoms with van der Waals surface area (Å²) < 4.78 is 28.2. The maximum Gasteiger partial charge on any atom is 0.155 e. The molecule has 0 saturated heterocycles. The van der Waals surface area contributed by atoms with Crippen molar-refractivity contribution in [1.29, 1.82) is 0 Å². The summed E-state index contributed by atoms with van der Waals surface area (Å²) in [7, 11) is 1.30. The molecule has 0 spiro atoms. The van der Waals surface area contributed by atoms with Crippen molar-refractivity contribution in [3.63, 3.8) is 0 Å². The van der Waals surface area contributed by atoms with E-state index in [0.29, 0.717) is 0 Å². The highest BCUT2D eigenvalue weighted by Crippen LogP contribution is 1.44. The van der Waals surface area contributed by atoms with E-state index in [4.69, 9.17) is 0 Å². The molecule has 0 heterocycles. The quantitative estimate of drug-likeness (QED) is 0.109. The van der Waals surface area contributed by atoms with Gasteiger partial charge in [0, 0.05) is 0 Å². The van der Waals surface area contributed by atoms with Crippen LogP contribution in [0, 0.1) is 0 Å². The Bertz CT molecular complexity index is 120. The van der Waals surface area contributed by atoms with Crippen molar-refractivity contribution in [2.75, 3.05) is 0 Å². The predicted molar refractivity (Wildman–Crippen MR) is 105 cm³/mol. The van der Waals surface area contributed by atoms with Crippen molar-refractivity contribution in [2.24, 2.45) is 0 Å². The lowest BCUT2D eigenvalue weighted by atomic mass is 13.7. The largest absolute Gasteiger partial charge is 0.360 e. The number of hydrogen-bond acceptors (Lipinski definition) is 8. The van der Waals surface area contributed by atoms with E-state index in [2.05, 4.69) is 37.2 Å². The zero-order chi connectivity index (χ0) is 12.6. The normalized spacial score (nSPS) is 16.2. The Morgan fingerprint density at radius 3 is 0.882 bits per heavy atom. The average Bonchev–Trinajstić information content (AvgIpc) is 2.35. The van der Waals surface area contributed by atoms with Gasteiger partial charge in [-0.15, -0.1) is 0 Å². The highest BCUT2D eigenvalue weighted by molar-refractivity contribution is 6.64. The fourth-order valence-corrected chi connectivity index (χ4v) is 22.1. The Morgan fingerprint density at radius 1 is 0.412 bits per heavy atom. The zero-order valence-electron chi connectivity index (χ0n) is 10.9. The van der Waals surface area contributed by atoms with Gasteiger partial charge in [0.25, 0.3) is 0 Å². The summed E-state index contributed by atoms with van der Waals surface area (Å²) in [5.41, 5.74) is 0. The van der Waals surface area contributed by atoms with Crippen LogP contribution < -0.4 is 37.2 Å². The molecule has 0 amide bonds. The molecule has 0 aromatic carbocycles. The van der Waals surface area contributed by atoms with Crippen LogP contribution in [0.5, 0.6) is 0 Å². The second-order valence-corrected chi connectivity index (χ2v) is 23.6. The van der Waals surface area contributed by atoms with Crippen LogP contribution in [0.1, 0.15) is 0 Å². The fraction of sp³-hybridized carbons (Fsp3) is 0. The summed E-state index contributed by atoms with van der Waals surface area (Å²) >= 11 is 0. The van der Waals surface area contributed by atoms with E-state index in [1.54, 1.807) is 0 Å². The molecule has 0 atom stereocenters. The van der Waals surface area contributed by atoms with Crippen LogP contribution in [0.25, 0.3) is 0 Å². The van der Waals surface area contributed by atoms with Crippen LogP contribution in [-0.4, -0.2) is 89.7 Å². The highest BCUT2D eigenvalue weighted by atomic mass is 28.4. The van der Waals surface area contributed by atoms with Gasteiger partial charge in [0.1, 0.15) is 0 Å². The Morgan fingerprint density at radius 2 is 0.647 bits per heavy atom. The maximum absolute atomic E-state index is 3.61. The Labute approximate surface area is 126 Å². The summed E-state index contributed by atoms with van der Waals surface area (Å²) in [6, 6.07) is 0. The standard InChI is InChI=1S/H28N8Si9/c9-1-11-3-13-5-15-7-17-8-16-6-14-4-12-2-10/h1-8H,11-17H2,9-10H3. The summed E-state index contributed by atoms with van der Waals surface area (Å²) in [5, 5.41) is 0. The van der Waals surface area contributed by atoms with Crippen LogP contribution in [0.2, 0.25) is 0 Å². The summed E-state index contributed by atoms with van der Waals surface area (Å²) in [6.07, 6.45) is 0. The summed E-state index contributed by atoms with van der Waals surface area (Å²) in [4.78, 5) is 0. The molecule has 0 rings (SSSR count). The van der Waals surface area contributed by atoms with Crippen molar-refractivity contribution >= 4 is 89.7 Å². The van der Waals surface area contributed by atoms with Gasteiger partial charge in [-0.1, -0.05) is 0 Å². The Kier molecular flexibility index (Phi) is 19.3. The van der Waals surface area contributed by atoms with E-state index < -0.39 is 0 Å². The minimum atomic E-state index is -0.175. The Hall–Kier alpha value is 1.63. The van der Waals surface area contributed by atoms with Crippen LogP contribution in [0.15, 0.2) is 0 Å². The second-order valence-electron chi connectivity index (χ2n) is 3.44. The highest BCUT2D eigenvalue weighted by Gasteiger charge is 1.90. The van der Waals surface area contributed by atoms with Crippen LogP contribution in [0.3, 0.4) is 0 Å². The molecule has 8 nitrogen and oxygen atoms in total. The van der Waals surface area contributed by atoms with E-state index in [-0.39, 0.29) is 68.9 Å². The third-order valence-corrected chi connectivity index (χ3v) is 16.7. The molecule has 0 unspecified atom stereocenters. The first-order valence-electron chi connectivity index (χ1n) is 5.95. The third kappa shape index (κ3) is 17.6. The van der Waals surface area contributed by atoms with Crippen molar-refractivity contribution < 1.29 is 0 Å². The van der Waals surface area contributed by atoms with Crippen LogP contribution in [-0.2, 0) is 0 Å². The molecule has 17 heteroatoms. The molecule has 0 aromatic heterocycles. The van der Waals surface area contributed by atoms with E-state index in [0.717, 1.165) is 20.8 Å². The van der Waals surface area contributed by atoms with Crippen molar-refractivity contribution in [1.82, 2.24) is 37.2 Å². The molecule has 17 heavy (non-hydrogen) atoms. The topological polar surface area (TPSA) is 96.2 Å².